The highest BCUT2D eigenvalue weighted by atomic mass is 16.5. The average Bonchev–Trinajstić information content (AvgIpc) is 2.81. The van der Waals surface area contributed by atoms with Crippen LogP contribution in [0.25, 0.3) is 10.9 Å². The van der Waals surface area contributed by atoms with Crippen molar-refractivity contribution in [2.24, 2.45) is 0 Å². The second-order valence-corrected chi connectivity index (χ2v) is 7.64. The molecule has 0 bridgehead atoms. The van der Waals surface area contributed by atoms with Crippen LogP contribution in [0.5, 0.6) is 0 Å². The number of carbonyl (C=O) groups is 1. The molecule has 158 valence electrons. The molecule has 2 aromatic carbocycles. The molecule has 3 aromatic rings. The van der Waals surface area contributed by atoms with Crippen LogP contribution in [-0.2, 0) is 9.53 Å². The standard InChI is InChI=1S/C24H24N4O3/c1-16-13-28(21-10-9-18(12-25)23-19(21)8-5-11-26-23)14-22(31-16)24(30)27-20(15-29)17-6-3-2-4-7-17/h2-11,16,20,22,29H,13-15H2,1H3,(H,27,30)/t16-,20-,22-/m1/s1. The van der Waals surface area contributed by atoms with Gasteiger partial charge in [-0.25, -0.2) is 0 Å². The highest BCUT2D eigenvalue weighted by molar-refractivity contribution is 5.95. The van der Waals surface area contributed by atoms with Crippen LogP contribution in [-0.4, -0.2) is 47.9 Å². The SMILES string of the molecule is C[C@@H]1CN(c2ccc(C#N)c3ncccc23)C[C@H](C(=O)N[C@H](CO)c2ccccc2)O1. The van der Waals surface area contributed by atoms with Gasteiger partial charge in [0, 0.05) is 23.8 Å². The summed E-state index contributed by atoms with van der Waals surface area (Å²) < 4.78 is 5.93. The first kappa shape index (κ1) is 20.8. The van der Waals surface area contributed by atoms with Gasteiger partial charge in [0.25, 0.3) is 5.91 Å². The maximum atomic E-state index is 13.0. The first-order valence-corrected chi connectivity index (χ1v) is 10.2. The zero-order valence-corrected chi connectivity index (χ0v) is 17.2. The third kappa shape index (κ3) is 4.36. The van der Waals surface area contributed by atoms with Gasteiger partial charge in [0.05, 0.1) is 36.4 Å². The Hall–Kier alpha value is -3.47. The number of hydrogen-bond donors (Lipinski definition) is 2. The summed E-state index contributed by atoms with van der Waals surface area (Å²) in [5.41, 5.74) is 2.91. The van der Waals surface area contributed by atoms with Crippen LogP contribution in [0, 0.1) is 11.3 Å². The summed E-state index contributed by atoms with van der Waals surface area (Å²) in [5, 5.41) is 22.9. The van der Waals surface area contributed by atoms with E-state index in [1.807, 2.05) is 55.5 Å². The first-order chi connectivity index (χ1) is 15.1. The molecular weight excluding hydrogens is 392 g/mol. The van der Waals surface area contributed by atoms with E-state index < -0.39 is 12.1 Å². The number of benzene rings is 2. The largest absolute Gasteiger partial charge is 0.394 e. The van der Waals surface area contributed by atoms with Crippen molar-refractivity contribution in [1.82, 2.24) is 10.3 Å². The number of aliphatic hydroxyl groups is 1. The average molecular weight is 416 g/mol. The van der Waals surface area contributed by atoms with Crippen LogP contribution in [0.2, 0.25) is 0 Å². The number of fused-ring (bicyclic) bond motifs is 1. The predicted octanol–water partition coefficient (Wildman–Crippen LogP) is 2.55. The number of morpholine rings is 1. The number of pyridine rings is 1. The number of aromatic nitrogens is 1. The van der Waals surface area contributed by atoms with Gasteiger partial charge in [0.1, 0.15) is 6.07 Å². The number of amides is 1. The van der Waals surface area contributed by atoms with E-state index >= 15 is 0 Å². The lowest BCUT2D eigenvalue weighted by atomic mass is 10.1. The predicted molar refractivity (Wildman–Crippen MR) is 117 cm³/mol. The van der Waals surface area contributed by atoms with Crippen LogP contribution in [0.4, 0.5) is 5.69 Å². The van der Waals surface area contributed by atoms with Crippen molar-refractivity contribution in [3.63, 3.8) is 0 Å². The minimum atomic E-state index is -0.691. The minimum absolute atomic E-state index is 0.170. The molecule has 3 atom stereocenters. The zero-order chi connectivity index (χ0) is 21.8. The molecule has 1 saturated heterocycles. The Kier molecular flexibility index (Phi) is 6.12. The van der Waals surface area contributed by atoms with Crippen LogP contribution in [0.3, 0.4) is 0 Å². The van der Waals surface area contributed by atoms with Gasteiger partial charge in [-0.1, -0.05) is 30.3 Å². The summed E-state index contributed by atoms with van der Waals surface area (Å²) in [6.45, 7) is 2.70. The van der Waals surface area contributed by atoms with Gasteiger partial charge in [-0.15, -0.1) is 0 Å². The van der Waals surface area contributed by atoms with Crippen molar-refractivity contribution >= 4 is 22.5 Å². The number of carbonyl (C=O) groups excluding carboxylic acids is 1. The number of nitrogens with zero attached hydrogens (tertiary/aromatic N) is 3. The molecule has 31 heavy (non-hydrogen) atoms. The number of anilines is 1. The van der Waals surface area contributed by atoms with E-state index in [2.05, 4.69) is 21.3 Å². The Morgan fingerprint density at radius 1 is 1.26 bits per heavy atom. The summed E-state index contributed by atoms with van der Waals surface area (Å²) in [6, 6.07) is 18.5. The van der Waals surface area contributed by atoms with E-state index in [0.717, 1.165) is 16.6 Å². The van der Waals surface area contributed by atoms with Gasteiger partial charge in [0.15, 0.2) is 6.10 Å². The first-order valence-electron chi connectivity index (χ1n) is 10.2. The number of nitriles is 1. The molecule has 7 heteroatoms. The molecular formula is C24H24N4O3. The molecule has 1 aliphatic heterocycles. The molecule has 2 N–H and O–H groups in total. The summed E-state index contributed by atoms with van der Waals surface area (Å²) >= 11 is 0. The Balaban J connectivity index is 1.57. The Morgan fingerprint density at radius 2 is 2.06 bits per heavy atom. The van der Waals surface area contributed by atoms with Crippen molar-refractivity contribution in [2.45, 2.75) is 25.2 Å². The van der Waals surface area contributed by atoms with Crippen LogP contribution in [0.15, 0.2) is 60.8 Å². The molecule has 1 aromatic heterocycles. The fourth-order valence-electron chi connectivity index (χ4n) is 4.00. The van der Waals surface area contributed by atoms with Gasteiger partial charge in [-0.2, -0.15) is 5.26 Å². The van der Waals surface area contributed by atoms with Crippen LogP contribution in [0.1, 0.15) is 24.1 Å². The molecule has 7 nitrogen and oxygen atoms in total. The zero-order valence-electron chi connectivity index (χ0n) is 17.2. The molecule has 1 fully saturated rings. The van der Waals surface area contributed by atoms with Gasteiger partial charge in [-0.05, 0) is 36.8 Å². The monoisotopic (exact) mass is 416 g/mol. The van der Waals surface area contributed by atoms with Crippen molar-refractivity contribution in [3.8, 4) is 6.07 Å². The van der Waals surface area contributed by atoms with E-state index in [0.29, 0.717) is 24.2 Å². The van der Waals surface area contributed by atoms with Crippen molar-refractivity contribution in [2.75, 3.05) is 24.6 Å². The summed E-state index contributed by atoms with van der Waals surface area (Å²) in [7, 11) is 0. The van der Waals surface area contributed by atoms with Gasteiger partial charge < -0.3 is 20.1 Å². The molecule has 1 amide bonds. The highest BCUT2D eigenvalue weighted by Crippen LogP contribution is 2.30. The lowest BCUT2D eigenvalue weighted by Crippen LogP contribution is -2.53. The van der Waals surface area contributed by atoms with E-state index in [9.17, 15) is 15.2 Å². The van der Waals surface area contributed by atoms with E-state index in [4.69, 9.17) is 4.74 Å². The van der Waals surface area contributed by atoms with E-state index in [-0.39, 0.29) is 18.6 Å². The lowest BCUT2D eigenvalue weighted by molar-refractivity contribution is -0.138. The Morgan fingerprint density at radius 3 is 2.81 bits per heavy atom. The minimum Gasteiger partial charge on any atom is -0.394 e. The van der Waals surface area contributed by atoms with Crippen molar-refractivity contribution < 1.29 is 14.6 Å². The van der Waals surface area contributed by atoms with Gasteiger partial charge in [0.2, 0.25) is 0 Å². The van der Waals surface area contributed by atoms with E-state index in [1.54, 1.807) is 12.3 Å². The number of hydrogen-bond acceptors (Lipinski definition) is 6. The van der Waals surface area contributed by atoms with Crippen LogP contribution < -0.4 is 10.2 Å². The number of aliphatic hydroxyl groups excluding tert-OH is 1. The van der Waals surface area contributed by atoms with Gasteiger partial charge >= 0.3 is 0 Å². The van der Waals surface area contributed by atoms with Gasteiger partial charge in [-0.3, -0.25) is 9.78 Å². The highest BCUT2D eigenvalue weighted by Gasteiger charge is 2.32. The van der Waals surface area contributed by atoms with Crippen molar-refractivity contribution in [3.05, 3.63) is 71.9 Å². The lowest BCUT2D eigenvalue weighted by Gasteiger charge is -2.38. The number of rotatable bonds is 5. The quantitative estimate of drug-likeness (QED) is 0.663. The van der Waals surface area contributed by atoms with Crippen LogP contribution >= 0.6 is 0 Å². The molecule has 0 unspecified atom stereocenters. The molecule has 0 radical (unpaired) electrons. The molecule has 0 spiro atoms. The number of nitrogens with one attached hydrogen (secondary N) is 1. The summed E-state index contributed by atoms with van der Waals surface area (Å²) in [5.74, 6) is -0.268. The molecule has 2 heterocycles. The fraction of sp³-hybridized carbons (Fsp3) is 0.292. The Labute approximate surface area is 180 Å². The maximum Gasteiger partial charge on any atom is 0.251 e. The second kappa shape index (κ2) is 9.13. The summed E-state index contributed by atoms with van der Waals surface area (Å²) in [6.07, 6.45) is 0.809. The second-order valence-electron chi connectivity index (χ2n) is 7.64. The molecule has 1 aliphatic rings. The smallest absolute Gasteiger partial charge is 0.251 e. The fourth-order valence-corrected chi connectivity index (χ4v) is 4.00. The molecule has 0 saturated carbocycles. The third-order valence-electron chi connectivity index (χ3n) is 5.46. The maximum absolute atomic E-state index is 13.0. The molecule has 0 aliphatic carbocycles. The topological polar surface area (TPSA) is 98.5 Å². The third-order valence-corrected chi connectivity index (χ3v) is 5.46. The Bertz CT molecular complexity index is 1110. The normalized spacial score (nSPS) is 19.6. The van der Waals surface area contributed by atoms with E-state index in [1.165, 1.54) is 0 Å². The summed E-state index contributed by atoms with van der Waals surface area (Å²) in [4.78, 5) is 19.5. The number of ether oxygens (including phenoxy) is 1. The van der Waals surface area contributed by atoms with Crippen molar-refractivity contribution in [1.29, 1.82) is 5.26 Å². The molecule has 4 rings (SSSR count).